The van der Waals surface area contributed by atoms with Crippen LogP contribution in [0.4, 0.5) is 0 Å². The van der Waals surface area contributed by atoms with Gasteiger partial charge < -0.3 is 4.79 Å². The molecule has 2 saturated carbocycles. The minimum Gasteiger partial charge on any atom is -0.302 e. The van der Waals surface area contributed by atoms with Crippen molar-refractivity contribution >= 4 is 6.29 Å². The molecule has 1 heteroatoms. The van der Waals surface area contributed by atoms with Gasteiger partial charge in [0.15, 0.2) is 0 Å². The van der Waals surface area contributed by atoms with Gasteiger partial charge in [-0.25, -0.2) is 0 Å². The Bertz CT molecular complexity index is 186. The van der Waals surface area contributed by atoms with Gasteiger partial charge in [0.1, 0.15) is 6.29 Å². The Morgan fingerprint density at radius 1 is 1.67 bits per heavy atom. The van der Waals surface area contributed by atoms with E-state index >= 15 is 0 Å². The van der Waals surface area contributed by atoms with E-state index in [-0.39, 0.29) is 5.41 Å². The maximum atomic E-state index is 9.91. The zero-order chi connectivity index (χ0) is 3.94. The summed E-state index contributed by atoms with van der Waals surface area (Å²) in [6.45, 7) is 0. The van der Waals surface area contributed by atoms with Crippen molar-refractivity contribution in [3.63, 3.8) is 0 Å². The normalized spacial score (nSPS) is 63.7. The predicted molar refractivity (Wildman–Crippen MR) is 19.0 cm³/mol. The van der Waals surface area contributed by atoms with Crippen molar-refractivity contribution in [2.24, 2.45) is 11.3 Å². The molecule has 1 nitrogen and oxygen atoms in total. The van der Waals surface area contributed by atoms with E-state index in [0.717, 1.165) is 12.2 Å². The molecule has 0 unspecified atom stereocenters. The van der Waals surface area contributed by atoms with Crippen LogP contribution in [0, 0.1) is 11.3 Å². The van der Waals surface area contributed by atoms with Crippen LogP contribution in [0.1, 0.15) is 0 Å². The second-order valence-electron chi connectivity index (χ2n) is 2.25. The van der Waals surface area contributed by atoms with Crippen molar-refractivity contribution < 1.29 is 4.79 Å². The van der Waals surface area contributed by atoms with E-state index in [0.29, 0.717) is 0 Å². The van der Waals surface area contributed by atoms with Crippen molar-refractivity contribution in [1.29, 1.82) is 0 Å². The molecular weight excluding hydrogens is 76.1 g/mol. The van der Waals surface area contributed by atoms with Crippen LogP contribution in [-0.4, -0.2) is 6.29 Å². The van der Waals surface area contributed by atoms with Crippen molar-refractivity contribution in [3.05, 3.63) is 11.1 Å². The Balaban J connectivity index is 2.34. The van der Waals surface area contributed by atoms with Crippen LogP contribution < -0.4 is 0 Å². The van der Waals surface area contributed by atoms with Crippen LogP contribution in [0.5, 0.6) is 0 Å². The second kappa shape index (κ2) is 0.216. The molecule has 2 fully saturated rings. The average Bonchev–Trinajstić information content (AvgIpc) is 2.35. The average molecular weight is 78.1 g/mol. The molecule has 0 radical (unpaired) electrons. The lowest BCUT2D eigenvalue weighted by Gasteiger charge is -1.58. The summed E-state index contributed by atoms with van der Waals surface area (Å²) in [5.41, 5.74) is 3.16. The highest BCUT2D eigenvalue weighted by atomic mass is 16.1. The van der Waals surface area contributed by atoms with Gasteiger partial charge in [-0.1, -0.05) is 0 Å². The van der Waals surface area contributed by atoms with Crippen LogP contribution in [-0.2, 0) is 4.79 Å². The molecule has 0 aromatic heterocycles. The summed E-state index contributed by atoms with van der Waals surface area (Å²) in [5.74, 6) is 0.759. The molecular formula is C5H2O. The lowest BCUT2D eigenvalue weighted by atomic mass is 10.4. The predicted octanol–water partition coefficient (Wildman–Crippen LogP) is 0.125. The molecule has 0 N–H and O–H groups in total. The Morgan fingerprint density at radius 2 is 2.17 bits per heavy atom. The fraction of sp³-hybridized carbons (Fsp3) is 0.400. The molecule has 0 amide bonds. The van der Waals surface area contributed by atoms with Crippen molar-refractivity contribution in [3.8, 4) is 0 Å². The molecule has 0 aromatic rings. The SMILES string of the molecule is O=CC12C3=C1C32. The standard InChI is InChI=1S/C5H2O/c6-1-5-2-3(5)4(2)5/h1-2H. The fourth-order valence-electron chi connectivity index (χ4n) is 1.23. The quantitative estimate of drug-likeness (QED) is 0.321. The topological polar surface area (TPSA) is 17.1 Å². The van der Waals surface area contributed by atoms with E-state index in [9.17, 15) is 4.79 Å². The van der Waals surface area contributed by atoms with Crippen molar-refractivity contribution in [1.82, 2.24) is 0 Å². The third kappa shape index (κ3) is 0.0332. The Morgan fingerprint density at radius 3 is 2.17 bits per heavy atom. The van der Waals surface area contributed by atoms with Crippen molar-refractivity contribution in [2.75, 3.05) is 0 Å². The van der Waals surface area contributed by atoms with Gasteiger partial charge in [-0.05, 0) is 11.1 Å². The number of aldehydes is 1. The highest BCUT2D eigenvalue weighted by Gasteiger charge is 2.98. The van der Waals surface area contributed by atoms with Crippen LogP contribution >= 0.6 is 0 Å². The lowest BCUT2D eigenvalue weighted by Crippen LogP contribution is -1.72. The zero-order valence-corrected chi connectivity index (χ0v) is 3.06. The summed E-state index contributed by atoms with van der Waals surface area (Å²) in [6, 6.07) is 0. The van der Waals surface area contributed by atoms with Gasteiger partial charge in [0.05, 0.1) is 5.41 Å². The third-order valence-electron chi connectivity index (χ3n) is 2.09. The first-order valence-corrected chi connectivity index (χ1v) is 2.14. The van der Waals surface area contributed by atoms with Crippen LogP contribution in [0.25, 0.3) is 0 Å². The summed E-state index contributed by atoms with van der Waals surface area (Å²) in [5, 5.41) is 0. The van der Waals surface area contributed by atoms with Gasteiger partial charge in [-0.15, -0.1) is 0 Å². The number of carbonyl (C=O) groups excluding carboxylic acids is 1. The summed E-state index contributed by atoms with van der Waals surface area (Å²) < 4.78 is 0. The first kappa shape index (κ1) is 1.92. The molecule has 0 aromatic carbocycles. The molecule has 4 aliphatic rings. The molecule has 0 atom stereocenters. The largest absolute Gasteiger partial charge is 0.302 e. The van der Waals surface area contributed by atoms with Crippen LogP contribution in [0.3, 0.4) is 0 Å². The highest BCUT2D eigenvalue weighted by Crippen LogP contribution is 3.02. The van der Waals surface area contributed by atoms with Gasteiger partial charge in [0.25, 0.3) is 0 Å². The molecule has 0 spiro atoms. The Kier molecular flexibility index (Phi) is 0.0690. The van der Waals surface area contributed by atoms with E-state index < -0.39 is 0 Å². The molecule has 0 heterocycles. The number of carbonyl (C=O) groups is 1. The molecule has 4 aliphatic carbocycles. The van der Waals surface area contributed by atoms with E-state index in [2.05, 4.69) is 0 Å². The molecule has 4 rings (SSSR count). The van der Waals surface area contributed by atoms with E-state index in [1.165, 1.54) is 11.1 Å². The van der Waals surface area contributed by atoms with Crippen LogP contribution in [0.2, 0.25) is 0 Å². The monoisotopic (exact) mass is 78.0 g/mol. The van der Waals surface area contributed by atoms with Gasteiger partial charge in [-0.3, -0.25) is 0 Å². The van der Waals surface area contributed by atoms with E-state index in [1.807, 2.05) is 0 Å². The smallest absolute Gasteiger partial charge is 0.135 e. The summed E-state index contributed by atoms with van der Waals surface area (Å²) in [7, 11) is 0. The Labute approximate surface area is 34.7 Å². The molecule has 0 bridgehead atoms. The number of hydrogen-bond acceptors (Lipinski definition) is 1. The van der Waals surface area contributed by atoms with E-state index in [4.69, 9.17) is 0 Å². The first-order valence-electron chi connectivity index (χ1n) is 2.14. The maximum Gasteiger partial charge on any atom is 0.135 e. The number of allylic oxidation sites excluding steroid dienone is 2. The lowest BCUT2D eigenvalue weighted by molar-refractivity contribution is -0.109. The molecule has 28 valence electrons. The van der Waals surface area contributed by atoms with Gasteiger partial charge in [0.2, 0.25) is 0 Å². The Hall–Kier alpha value is -0.590. The van der Waals surface area contributed by atoms with Crippen molar-refractivity contribution in [2.45, 2.75) is 0 Å². The molecule has 0 aliphatic heterocycles. The van der Waals surface area contributed by atoms with Crippen LogP contribution in [0.15, 0.2) is 11.1 Å². The summed E-state index contributed by atoms with van der Waals surface area (Å²) in [6.07, 6.45) is 1.09. The third-order valence-corrected chi connectivity index (χ3v) is 2.09. The summed E-state index contributed by atoms with van der Waals surface area (Å²) >= 11 is 0. The first-order chi connectivity index (χ1) is 2.93. The number of hydrogen-bond donors (Lipinski definition) is 0. The zero-order valence-electron chi connectivity index (χ0n) is 3.06. The number of rotatable bonds is 1. The van der Waals surface area contributed by atoms with Gasteiger partial charge in [-0.2, -0.15) is 0 Å². The van der Waals surface area contributed by atoms with E-state index in [1.54, 1.807) is 0 Å². The second-order valence-corrected chi connectivity index (χ2v) is 2.25. The molecule has 0 saturated heterocycles. The molecule has 6 heavy (non-hydrogen) atoms. The minimum atomic E-state index is 0.194. The fourth-order valence-corrected chi connectivity index (χ4v) is 1.23. The highest BCUT2D eigenvalue weighted by molar-refractivity contribution is 6.11. The van der Waals surface area contributed by atoms with Gasteiger partial charge >= 0.3 is 0 Å². The maximum absolute atomic E-state index is 9.91. The summed E-state index contributed by atoms with van der Waals surface area (Å²) in [4.78, 5) is 9.91. The minimum absolute atomic E-state index is 0.194. The van der Waals surface area contributed by atoms with Gasteiger partial charge in [0, 0.05) is 5.92 Å².